The van der Waals surface area contributed by atoms with E-state index in [1.807, 2.05) is 18.2 Å². The van der Waals surface area contributed by atoms with Crippen molar-refractivity contribution in [1.82, 2.24) is 9.97 Å². The molecule has 1 saturated carbocycles. The fourth-order valence-electron chi connectivity index (χ4n) is 2.50. The highest BCUT2D eigenvalue weighted by molar-refractivity contribution is 5.56. The van der Waals surface area contributed by atoms with E-state index in [2.05, 4.69) is 15.3 Å². The van der Waals surface area contributed by atoms with Gasteiger partial charge in [-0.25, -0.2) is 9.97 Å². The quantitative estimate of drug-likeness (QED) is 0.847. The Morgan fingerprint density at radius 3 is 2.48 bits per heavy atom. The van der Waals surface area contributed by atoms with Gasteiger partial charge in [0.1, 0.15) is 11.6 Å². The van der Waals surface area contributed by atoms with Crippen LogP contribution >= 0.6 is 0 Å². The maximum Gasteiger partial charge on any atom is 0.203 e. The van der Waals surface area contributed by atoms with Crippen LogP contribution in [0.5, 0.6) is 17.2 Å². The molecule has 1 aliphatic rings. The zero-order valence-corrected chi connectivity index (χ0v) is 13.6. The first-order chi connectivity index (χ1) is 11.3. The van der Waals surface area contributed by atoms with Gasteiger partial charge in [0.15, 0.2) is 11.5 Å². The molecule has 1 aromatic heterocycles. The summed E-state index contributed by atoms with van der Waals surface area (Å²) in [6, 6.07) is 5.70. The van der Waals surface area contributed by atoms with Crippen molar-refractivity contribution in [1.29, 1.82) is 0 Å². The molecule has 1 aromatic carbocycles. The van der Waals surface area contributed by atoms with E-state index in [1.54, 1.807) is 27.5 Å². The zero-order valence-electron chi connectivity index (χ0n) is 13.6. The number of nitrogens with one attached hydrogen (secondary N) is 1. The smallest absolute Gasteiger partial charge is 0.203 e. The monoisotopic (exact) mass is 315 g/mol. The molecular formula is C17H21N3O3. The Kier molecular flexibility index (Phi) is 4.50. The number of methoxy groups -OCH3 is 3. The van der Waals surface area contributed by atoms with E-state index < -0.39 is 0 Å². The molecule has 122 valence electrons. The molecule has 1 heterocycles. The minimum Gasteiger partial charge on any atom is -0.493 e. The predicted molar refractivity (Wildman–Crippen MR) is 87.4 cm³/mol. The molecule has 6 heteroatoms. The van der Waals surface area contributed by atoms with Crippen LogP contribution in [0.2, 0.25) is 0 Å². The van der Waals surface area contributed by atoms with Gasteiger partial charge in [0.25, 0.3) is 0 Å². The van der Waals surface area contributed by atoms with Crippen LogP contribution in [0.25, 0.3) is 0 Å². The Balaban J connectivity index is 1.78. The Bertz CT molecular complexity index is 687. The van der Waals surface area contributed by atoms with Crippen LogP contribution in [0.4, 0.5) is 5.82 Å². The summed E-state index contributed by atoms with van der Waals surface area (Å²) in [7, 11) is 4.83. The van der Waals surface area contributed by atoms with Gasteiger partial charge in [0.2, 0.25) is 5.75 Å². The first kappa shape index (κ1) is 15.4. The number of hydrogen-bond donors (Lipinski definition) is 1. The molecule has 0 bridgehead atoms. The van der Waals surface area contributed by atoms with Gasteiger partial charge >= 0.3 is 0 Å². The fourth-order valence-corrected chi connectivity index (χ4v) is 2.50. The summed E-state index contributed by atoms with van der Waals surface area (Å²) < 4.78 is 16.2. The van der Waals surface area contributed by atoms with Crippen molar-refractivity contribution in [3.63, 3.8) is 0 Å². The van der Waals surface area contributed by atoms with Gasteiger partial charge in [0.05, 0.1) is 21.3 Å². The van der Waals surface area contributed by atoms with Crippen LogP contribution in [0.3, 0.4) is 0 Å². The van der Waals surface area contributed by atoms with E-state index in [0.717, 1.165) is 17.2 Å². The van der Waals surface area contributed by atoms with Crippen LogP contribution in [-0.4, -0.2) is 31.3 Å². The molecule has 23 heavy (non-hydrogen) atoms. The first-order valence-electron chi connectivity index (χ1n) is 7.61. The Morgan fingerprint density at radius 2 is 1.83 bits per heavy atom. The SMILES string of the molecule is COc1ccc(CNc2ccnc(C3CC3)n2)c(OC)c1OC. The Morgan fingerprint density at radius 1 is 1.04 bits per heavy atom. The topological polar surface area (TPSA) is 65.5 Å². The number of anilines is 1. The van der Waals surface area contributed by atoms with E-state index in [4.69, 9.17) is 14.2 Å². The number of hydrogen-bond acceptors (Lipinski definition) is 6. The van der Waals surface area contributed by atoms with E-state index >= 15 is 0 Å². The normalized spacial score (nSPS) is 13.5. The minimum atomic E-state index is 0.535. The van der Waals surface area contributed by atoms with Gasteiger partial charge in [0, 0.05) is 24.2 Å². The lowest BCUT2D eigenvalue weighted by Crippen LogP contribution is -2.06. The second-order valence-electron chi connectivity index (χ2n) is 5.42. The van der Waals surface area contributed by atoms with Crippen LogP contribution in [-0.2, 0) is 6.54 Å². The minimum absolute atomic E-state index is 0.535. The molecule has 3 rings (SSSR count). The van der Waals surface area contributed by atoms with Gasteiger partial charge in [-0.2, -0.15) is 0 Å². The van der Waals surface area contributed by atoms with Crippen molar-refractivity contribution >= 4 is 5.82 Å². The van der Waals surface area contributed by atoms with Gasteiger partial charge in [-0.05, 0) is 31.0 Å². The third-order valence-corrected chi connectivity index (χ3v) is 3.86. The average Bonchev–Trinajstić information content (AvgIpc) is 3.44. The second kappa shape index (κ2) is 6.73. The van der Waals surface area contributed by atoms with Crippen LogP contribution < -0.4 is 19.5 Å². The molecule has 1 fully saturated rings. The molecule has 0 saturated heterocycles. The number of rotatable bonds is 7. The first-order valence-corrected chi connectivity index (χ1v) is 7.61. The highest BCUT2D eigenvalue weighted by Gasteiger charge is 2.26. The molecule has 0 amide bonds. The average molecular weight is 315 g/mol. The third-order valence-electron chi connectivity index (χ3n) is 3.86. The van der Waals surface area contributed by atoms with E-state index in [9.17, 15) is 0 Å². The molecule has 0 unspecified atom stereocenters. The fraction of sp³-hybridized carbons (Fsp3) is 0.412. The third kappa shape index (κ3) is 3.31. The molecule has 6 nitrogen and oxygen atoms in total. The highest BCUT2D eigenvalue weighted by atomic mass is 16.5. The molecule has 0 spiro atoms. The molecule has 0 atom stereocenters. The molecule has 0 aliphatic heterocycles. The Hall–Kier alpha value is -2.50. The summed E-state index contributed by atoms with van der Waals surface area (Å²) >= 11 is 0. The lowest BCUT2D eigenvalue weighted by Gasteiger charge is -2.16. The largest absolute Gasteiger partial charge is 0.493 e. The van der Waals surface area contributed by atoms with Gasteiger partial charge in [-0.1, -0.05) is 0 Å². The van der Waals surface area contributed by atoms with E-state index in [-0.39, 0.29) is 0 Å². The molecule has 1 N–H and O–H groups in total. The zero-order chi connectivity index (χ0) is 16.2. The summed E-state index contributed by atoms with van der Waals surface area (Å²) in [5.41, 5.74) is 0.969. The Labute approximate surface area is 135 Å². The summed E-state index contributed by atoms with van der Waals surface area (Å²) in [5.74, 6) is 4.18. The van der Waals surface area contributed by atoms with Crippen LogP contribution in [0.1, 0.15) is 30.1 Å². The highest BCUT2D eigenvalue weighted by Crippen LogP contribution is 2.40. The maximum atomic E-state index is 5.49. The summed E-state index contributed by atoms with van der Waals surface area (Å²) in [5, 5.41) is 3.32. The van der Waals surface area contributed by atoms with Gasteiger partial charge < -0.3 is 19.5 Å². The van der Waals surface area contributed by atoms with Gasteiger partial charge in [-0.15, -0.1) is 0 Å². The van der Waals surface area contributed by atoms with Crippen LogP contribution in [0, 0.1) is 0 Å². The molecular weight excluding hydrogens is 294 g/mol. The lowest BCUT2D eigenvalue weighted by atomic mass is 10.1. The van der Waals surface area contributed by atoms with Crippen LogP contribution in [0.15, 0.2) is 24.4 Å². The second-order valence-corrected chi connectivity index (χ2v) is 5.42. The summed E-state index contributed by atoms with van der Waals surface area (Å²) in [6.45, 7) is 0.574. The molecule has 0 radical (unpaired) electrons. The number of benzene rings is 1. The predicted octanol–water partition coefficient (Wildman–Crippen LogP) is 2.99. The number of ether oxygens (including phenoxy) is 3. The van der Waals surface area contributed by atoms with Crippen molar-refractivity contribution in [2.75, 3.05) is 26.6 Å². The van der Waals surface area contributed by atoms with Crippen molar-refractivity contribution in [2.45, 2.75) is 25.3 Å². The van der Waals surface area contributed by atoms with Crippen molar-refractivity contribution in [3.8, 4) is 17.2 Å². The standard InChI is InChI=1S/C17H21N3O3/c1-21-13-7-6-12(15(22-2)16(13)23-3)10-19-14-8-9-18-17(20-14)11-4-5-11/h6-9,11H,4-5,10H2,1-3H3,(H,18,19,20). The summed E-state index contributed by atoms with van der Waals surface area (Å²) in [4.78, 5) is 8.89. The van der Waals surface area contributed by atoms with E-state index in [1.165, 1.54) is 12.8 Å². The van der Waals surface area contributed by atoms with Crippen molar-refractivity contribution < 1.29 is 14.2 Å². The number of aromatic nitrogens is 2. The maximum absolute atomic E-state index is 5.49. The summed E-state index contributed by atoms with van der Waals surface area (Å²) in [6.07, 6.45) is 4.18. The van der Waals surface area contributed by atoms with Crippen molar-refractivity contribution in [2.24, 2.45) is 0 Å². The molecule has 2 aromatic rings. The number of nitrogens with zero attached hydrogens (tertiary/aromatic N) is 2. The lowest BCUT2D eigenvalue weighted by molar-refractivity contribution is 0.322. The molecule has 1 aliphatic carbocycles. The van der Waals surface area contributed by atoms with Gasteiger partial charge in [-0.3, -0.25) is 0 Å². The van der Waals surface area contributed by atoms with Crippen molar-refractivity contribution in [3.05, 3.63) is 35.8 Å². The van der Waals surface area contributed by atoms with E-state index in [0.29, 0.717) is 29.7 Å².